The van der Waals surface area contributed by atoms with Crippen molar-refractivity contribution < 1.29 is 18.6 Å². The highest BCUT2D eigenvalue weighted by Crippen LogP contribution is 2.49. The third-order valence-electron chi connectivity index (χ3n) is 6.39. The number of hydrogen-bond acceptors (Lipinski definition) is 6. The average Bonchev–Trinajstić information content (AvgIpc) is 2.82. The number of methoxy groups -OCH3 is 3. The molecular weight excluding hydrogens is 418 g/mol. The highest BCUT2D eigenvalue weighted by atomic mass is 16.5. The Morgan fingerprint density at radius 3 is 2.21 bits per heavy atom. The van der Waals surface area contributed by atoms with Crippen LogP contribution in [0.15, 0.2) is 57.7 Å². The summed E-state index contributed by atoms with van der Waals surface area (Å²) in [6.45, 7) is 4.15. The summed E-state index contributed by atoms with van der Waals surface area (Å²) >= 11 is 0. The van der Waals surface area contributed by atoms with Gasteiger partial charge in [0.25, 0.3) is 0 Å². The summed E-state index contributed by atoms with van der Waals surface area (Å²) in [5.74, 6) is 1.18. The predicted molar refractivity (Wildman–Crippen MR) is 129 cm³/mol. The van der Waals surface area contributed by atoms with Crippen molar-refractivity contribution in [3.05, 3.63) is 86.8 Å². The molecule has 0 spiro atoms. The minimum absolute atomic E-state index is 0.376. The van der Waals surface area contributed by atoms with E-state index in [9.17, 15) is 4.79 Å². The van der Waals surface area contributed by atoms with Crippen LogP contribution < -0.4 is 25.2 Å². The summed E-state index contributed by atoms with van der Waals surface area (Å²) in [4.78, 5) is 13.4. The van der Waals surface area contributed by atoms with E-state index < -0.39 is 0 Å². The van der Waals surface area contributed by atoms with Gasteiger partial charge < -0.3 is 23.9 Å². The van der Waals surface area contributed by atoms with Gasteiger partial charge in [-0.05, 0) is 66.4 Å². The van der Waals surface area contributed by atoms with Crippen LogP contribution in [0.2, 0.25) is 0 Å². The number of anilines is 2. The van der Waals surface area contributed by atoms with Crippen LogP contribution in [0.3, 0.4) is 0 Å². The Kier molecular flexibility index (Phi) is 5.01. The smallest absolute Gasteiger partial charge is 0.342 e. The van der Waals surface area contributed by atoms with Crippen LogP contribution in [-0.4, -0.2) is 21.3 Å². The van der Waals surface area contributed by atoms with Crippen molar-refractivity contribution >= 4 is 22.3 Å². The Hall–Kier alpha value is -3.93. The van der Waals surface area contributed by atoms with E-state index in [4.69, 9.17) is 18.6 Å². The number of hydrogen-bond donors (Lipinski definition) is 1. The number of rotatable bonds is 4. The largest absolute Gasteiger partial charge is 0.493 e. The second-order valence-corrected chi connectivity index (χ2v) is 8.21. The Morgan fingerprint density at radius 2 is 1.55 bits per heavy atom. The topological polar surface area (TPSA) is 69.9 Å². The van der Waals surface area contributed by atoms with E-state index in [1.807, 2.05) is 36.4 Å². The summed E-state index contributed by atoms with van der Waals surface area (Å²) in [7, 11) is 4.74. The number of ether oxygens (including phenoxy) is 3. The van der Waals surface area contributed by atoms with E-state index in [2.05, 4.69) is 31.3 Å². The highest BCUT2D eigenvalue weighted by molar-refractivity contribution is 5.96. The number of fused-ring (bicyclic) bond motifs is 4. The SMILES string of the molecule is COc1cc(C2c3cc(C)c(C)cc3Nc3c2c(=O)oc2ccccc32)cc(OC)c1OC. The average molecular weight is 443 g/mol. The number of nitrogens with one attached hydrogen (secondary N) is 1. The van der Waals surface area contributed by atoms with E-state index in [1.54, 1.807) is 21.3 Å². The second-order valence-electron chi connectivity index (χ2n) is 8.21. The summed E-state index contributed by atoms with van der Waals surface area (Å²) in [6.07, 6.45) is 0. The molecule has 6 nitrogen and oxygen atoms in total. The summed E-state index contributed by atoms with van der Waals surface area (Å²) in [6, 6.07) is 15.6. The molecule has 5 rings (SSSR count). The molecule has 4 aromatic rings. The lowest BCUT2D eigenvalue weighted by atomic mass is 9.80. The molecule has 0 radical (unpaired) electrons. The van der Waals surface area contributed by atoms with Crippen LogP contribution >= 0.6 is 0 Å². The Balaban J connectivity index is 1.88. The van der Waals surface area contributed by atoms with E-state index in [-0.39, 0.29) is 11.5 Å². The molecule has 0 saturated heterocycles. The van der Waals surface area contributed by atoms with Gasteiger partial charge in [-0.25, -0.2) is 4.79 Å². The number of para-hydroxylation sites is 1. The van der Waals surface area contributed by atoms with Crippen LogP contribution in [-0.2, 0) is 0 Å². The molecule has 1 unspecified atom stereocenters. The fourth-order valence-electron chi connectivity index (χ4n) is 4.65. The molecule has 3 aromatic carbocycles. The van der Waals surface area contributed by atoms with E-state index in [0.717, 1.165) is 33.5 Å². The maximum atomic E-state index is 13.4. The molecule has 0 aliphatic carbocycles. The zero-order chi connectivity index (χ0) is 23.3. The molecule has 6 heteroatoms. The van der Waals surface area contributed by atoms with Crippen LogP contribution in [0.4, 0.5) is 11.4 Å². The van der Waals surface area contributed by atoms with Crippen molar-refractivity contribution in [1.29, 1.82) is 0 Å². The third-order valence-corrected chi connectivity index (χ3v) is 6.39. The summed E-state index contributed by atoms with van der Waals surface area (Å²) < 4.78 is 22.5. The Labute approximate surface area is 191 Å². The van der Waals surface area contributed by atoms with Gasteiger partial charge in [-0.3, -0.25) is 0 Å². The van der Waals surface area contributed by atoms with Crippen molar-refractivity contribution in [2.45, 2.75) is 19.8 Å². The van der Waals surface area contributed by atoms with Gasteiger partial charge in [-0.1, -0.05) is 18.2 Å². The number of aryl methyl sites for hydroxylation is 2. The normalized spacial score (nSPS) is 14.3. The Bertz CT molecular complexity index is 1430. The molecule has 0 bridgehead atoms. The summed E-state index contributed by atoms with van der Waals surface area (Å²) in [5.41, 5.74) is 6.59. The molecule has 0 amide bonds. The zero-order valence-corrected chi connectivity index (χ0v) is 19.2. The molecule has 2 heterocycles. The van der Waals surface area contributed by atoms with E-state index in [0.29, 0.717) is 28.4 Å². The molecule has 168 valence electrons. The molecule has 0 saturated carbocycles. The predicted octanol–water partition coefficient (Wildman–Crippen LogP) is 5.67. The minimum Gasteiger partial charge on any atom is -0.493 e. The highest BCUT2D eigenvalue weighted by Gasteiger charge is 2.34. The second kappa shape index (κ2) is 7.89. The van der Waals surface area contributed by atoms with Crippen molar-refractivity contribution in [2.75, 3.05) is 26.6 Å². The molecular formula is C27H25NO5. The first-order valence-corrected chi connectivity index (χ1v) is 10.7. The molecule has 1 N–H and O–H groups in total. The van der Waals surface area contributed by atoms with Crippen molar-refractivity contribution in [2.24, 2.45) is 0 Å². The van der Waals surface area contributed by atoms with Crippen LogP contribution in [0.25, 0.3) is 11.0 Å². The van der Waals surface area contributed by atoms with Gasteiger partial charge in [0.05, 0.1) is 32.6 Å². The first-order chi connectivity index (χ1) is 16.0. The third kappa shape index (κ3) is 3.21. The van der Waals surface area contributed by atoms with Gasteiger partial charge in [0.15, 0.2) is 11.5 Å². The fourth-order valence-corrected chi connectivity index (χ4v) is 4.65. The first-order valence-electron chi connectivity index (χ1n) is 10.7. The lowest BCUT2D eigenvalue weighted by Crippen LogP contribution is -2.23. The van der Waals surface area contributed by atoms with Gasteiger partial charge in [0.2, 0.25) is 5.75 Å². The lowest BCUT2D eigenvalue weighted by Gasteiger charge is -2.31. The maximum Gasteiger partial charge on any atom is 0.342 e. The summed E-state index contributed by atoms with van der Waals surface area (Å²) in [5, 5.41) is 4.38. The standard InChI is InChI=1S/C27H25NO5/c1-14-10-18-19(11-15(14)2)28-25-17-8-6-7-9-20(17)33-27(29)24(25)23(18)16-12-21(30-3)26(32-5)22(13-16)31-4/h6-13,23,28H,1-5H3. The molecule has 0 fully saturated rings. The molecule has 1 aliphatic heterocycles. The van der Waals surface area contributed by atoms with E-state index in [1.165, 1.54) is 5.56 Å². The van der Waals surface area contributed by atoms with Crippen molar-refractivity contribution in [1.82, 2.24) is 0 Å². The van der Waals surface area contributed by atoms with Gasteiger partial charge in [-0.2, -0.15) is 0 Å². The zero-order valence-electron chi connectivity index (χ0n) is 19.2. The molecule has 1 aromatic heterocycles. The van der Waals surface area contributed by atoms with Crippen molar-refractivity contribution in [3.63, 3.8) is 0 Å². The fraction of sp³-hybridized carbons (Fsp3) is 0.222. The van der Waals surface area contributed by atoms with Gasteiger partial charge in [0, 0.05) is 17.0 Å². The first kappa shape index (κ1) is 20.9. The molecule has 33 heavy (non-hydrogen) atoms. The Morgan fingerprint density at radius 1 is 0.879 bits per heavy atom. The van der Waals surface area contributed by atoms with Gasteiger partial charge in [-0.15, -0.1) is 0 Å². The molecule has 1 atom stereocenters. The van der Waals surface area contributed by atoms with Crippen molar-refractivity contribution in [3.8, 4) is 17.2 Å². The lowest BCUT2D eigenvalue weighted by molar-refractivity contribution is 0.323. The van der Waals surface area contributed by atoms with Crippen LogP contribution in [0.5, 0.6) is 17.2 Å². The van der Waals surface area contributed by atoms with Crippen LogP contribution in [0, 0.1) is 13.8 Å². The van der Waals surface area contributed by atoms with Gasteiger partial charge in [0.1, 0.15) is 5.58 Å². The maximum absolute atomic E-state index is 13.4. The van der Waals surface area contributed by atoms with Gasteiger partial charge >= 0.3 is 5.63 Å². The number of benzene rings is 3. The minimum atomic E-state index is -0.384. The monoisotopic (exact) mass is 443 g/mol. The quantitative estimate of drug-likeness (QED) is 0.361. The molecule has 1 aliphatic rings. The van der Waals surface area contributed by atoms with E-state index >= 15 is 0 Å². The van der Waals surface area contributed by atoms with Crippen LogP contribution in [0.1, 0.15) is 33.7 Å².